The van der Waals surface area contributed by atoms with E-state index in [1.807, 2.05) is 0 Å². The average Bonchev–Trinajstić information content (AvgIpc) is 3.42. The Morgan fingerprint density at radius 3 is 2.64 bits per heavy atom. The smallest absolute Gasteiger partial charge is 0.275 e. The zero-order chi connectivity index (χ0) is 19.6. The molecule has 4 rings (SSSR count). The van der Waals surface area contributed by atoms with Crippen LogP contribution in [0.5, 0.6) is 0 Å². The number of thiophene rings is 1. The van der Waals surface area contributed by atoms with Gasteiger partial charge in [0, 0.05) is 6.20 Å². The Morgan fingerprint density at radius 2 is 1.96 bits per heavy atom. The highest BCUT2D eigenvalue weighted by Gasteiger charge is 2.35. The Hall–Kier alpha value is -2.14. The zero-order valence-corrected chi connectivity index (χ0v) is 17.3. The van der Waals surface area contributed by atoms with Crippen molar-refractivity contribution in [3.05, 3.63) is 58.7 Å². The van der Waals surface area contributed by atoms with Crippen molar-refractivity contribution < 1.29 is 13.2 Å². The molecule has 1 aliphatic rings. The molecule has 0 aliphatic carbocycles. The molecule has 1 fully saturated rings. The fourth-order valence-electron chi connectivity index (χ4n) is 3.10. The van der Waals surface area contributed by atoms with Crippen LogP contribution in [0.3, 0.4) is 0 Å². The number of ketones is 1. The summed E-state index contributed by atoms with van der Waals surface area (Å²) in [5.41, 5.74) is 0.312. The highest BCUT2D eigenvalue weighted by Crippen LogP contribution is 2.34. The molecule has 0 unspecified atom stereocenters. The predicted molar refractivity (Wildman–Crippen MR) is 110 cm³/mol. The Labute approximate surface area is 171 Å². The first-order valence-electron chi connectivity index (χ1n) is 8.77. The molecule has 28 heavy (non-hydrogen) atoms. The molecular formula is C18H18N4O3S3. The summed E-state index contributed by atoms with van der Waals surface area (Å²) in [7, 11) is -3.74. The minimum absolute atomic E-state index is 0.197. The van der Waals surface area contributed by atoms with Crippen LogP contribution < -0.4 is 9.62 Å². The van der Waals surface area contributed by atoms with E-state index in [0.717, 1.165) is 24.4 Å². The van der Waals surface area contributed by atoms with E-state index >= 15 is 0 Å². The van der Waals surface area contributed by atoms with E-state index in [4.69, 9.17) is 0 Å². The molecule has 7 nitrogen and oxygen atoms in total. The van der Waals surface area contributed by atoms with Gasteiger partial charge in [0.1, 0.15) is 9.90 Å². The lowest BCUT2D eigenvalue weighted by molar-refractivity contribution is 0.103. The molecule has 10 heteroatoms. The summed E-state index contributed by atoms with van der Waals surface area (Å²) in [5.74, 6) is -0.261. The van der Waals surface area contributed by atoms with Crippen molar-refractivity contribution >= 4 is 43.6 Å². The minimum atomic E-state index is -3.74. The summed E-state index contributed by atoms with van der Waals surface area (Å²) in [4.78, 5) is 21.4. The third kappa shape index (κ3) is 3.72. The van der Waals surface area contributed by atoms with Gasteiger partial charge in [0.25, 0.3) is 10.0 Å². The van der Waals surface area contributed by atoms with Gasteiger partial charge in [-0.1, -0.05) is 23.5 Å². The van der Waals surface area contributed by atoms with E-state index in [-0.39, 0.29) is 16.0 Å². The van der Waals surface area contributed by atoms with E-state index in [9.17, 15) is 13.2 Å². The van der Waals surface area contributed by atoms with Gasteiger partial charge in [-0.15, -0.1) is 11.3 Å². The molecule has 146 valence electrons. The van der Waals surface area contributed by atoms with Gasteiger partial charge in [0.2, 0.25) is 5.78 Å². The van der Waals surface area contributed by atoms with Crippen molar-refractivity contribution in [3.63, 3.8) is 0 Å². The maximum absolute atomic E-state index is 13.3. The van der Waals surface area contributed by atoms with E-state index < -0.39 is 10.0 Å². The van der Waals surface area contributed by atoms with Crippen molar-refractivity contribution in [1.82, 2.24) is 15.3 Å². The van der Waals surface area contributed by atoms with Crippen LogP contribution in [0.25, 0.3) is 0 Å². The molecule has 0 aromatic carbocycles. The number of nitrogens with one attached hydrogen (secondary N) is 1. The third-order valence-corrected chi connectivity index (χ3v) is 8.78. The Balaban J connectivity index is 1.71. The van der Waals surface area contributed by atoms with Gasteiger partial charge in [-0.3, -0.25) is 9.78 Å². The van der Waals surface area contributed by atoms with E-state index in [1.54, 1.807) is 41.9 Å². The zero-order valence-electron chi connectivity index (χ0n) is 14.8. The SMILES string of the molecule is O=C(c1ccccn1)c1cnc(N(C2CCNCC2)S(=O)(=O)c2cccs2)s1. The van der Waals surface area contributed by atoms with E-state index in [2.05, 4.69) is 15.3 Å². The average molecular weight is 435 g/mol. The number of carbonyl (C=O) groups excluding carboxylic acids is 1. The van der Waals surface area contributed by atoms with Gasteiger partial charge in [-0.25, -0.2) is 17.7 Å². The lowest BCUT2D eigenvalue weighted by Crippen LogP contribution is -2.46. The molecule has 1 aliphatic heterocycles. The number of thiazole rings is 1. The van der Waals surface area contributed by atoms with Gasteiger partial charge in [0.15, 0.2) is 5.13 Å². The van der Waals surface area contributed by atoms with Crippen LogP contribution >= 0.6 is 22.7 Å². The second-order valence-electron chi connectivity index (χ2n) is 6.27. The van der Waals surface area contributed by atoms with Gasteiger partial charge in [0.05, 0.1) is 17.1 Å². The number of hydrogen-bond donors (Lipinski definition) is 1. The first kappa shape index (κ1) is 19.2. The monoisotopic (exact) mass is 434 g/mol. The first-order valence-corrected chi connectivity index (χ1v) is 11.9. The topological polar surface area (TPSA) is 92.3 Å². The summed E-state index contributed by atoms with van der Waals surface area (Å²) >= 11 is 2.27. The fourth-order valence-corrected chi connectivity index (χ4v) is 6.99. The van der Waals surface area contributed by atoms with Crippen LogP contribution in [-0.4, -0.2) is 43.3 Å². The molecule has 3 aromatic rings. The van der Waals surface area contributed by atoms with Gasteiger partial charge < -0.3 is 5.32 Å². The molecule has 0 spiro atoms. The van der Waals surface area contributed by atoms with Crippen LogP contribution in [0.2, 0.25) is 0 Å². The maximum atomic E-state index is 13.3. The van der Waals surface area contributed by atoms with E-state index in [1.165, 1.54) is 21.8 Å². The lowest BCUT2D eigenvalue weighted by atomic mass is 10.1. The number of sulfonamides is 1. The highest BCUT2D eigenvalue weighted by atomic mass is 32.2. The summed E-state index contributed by atoms with van der Waals surface area (Å²) in [6.45, 7) is 1.48. The summed E-state index contributed by atoms with van der Waals surface area (Å²) in [6, 6.07) is 8.23. The van der Waals surface area contributed by atoms with E-state index in [0.29, 0.717) is 28.5 Å². The van der Waals surface area contributed by atoms with Crippen molar-refractivity contribution in [2.75, 3.05) is 17.4 Å². The van der Waals surface area contributed by atoms with Crippen LogP contribution in [0.4, 0.5) is 5.13 Å². The largest absolute Gasteiger partial charge is 0.317 e. The number of anilines is 1. The van der Waals surface area contributed by atoms with Crippen LogP contribution in [0, 0.1) is 0 Å². The second-order valence-corrected chi connectivity index (χ2v) is 10.3. The van der Waals surface area contributed by atoms with Gasteiger partial charge in [-0.05, 0) is 49.5 Å². The standard InChI is InChI=1S/C18H18N4O3S3/c23-17(14-4-1-2-8-20-14)15-12-21-18(27-15)22(13-6-9-19-10-7-13)28(24,25)16-5-3-11-26-16/h1-5,8,11-13,19H,6-7,9-10H2. The Bertz CT molecular complexity index is 1040. The lowest BCUT2D eigenvalue weighted by Gasteiger charge is -2.33. The molecule has 1 saturated heterocycles. The number of rotatable bonds is 6. The molecule has 1 N–H and O–H groups in total. The fraction of sp³-hybridized carbons (Fsp3) is 0.278. The molecular weight excluding hydrogens is 416 g/mol. The van der Waals surface area contributed by atoms with Crippen molar-refractivity contribution in [2.45, 2.75) is 23.1 Å². The van der Waals surface area contributed by atoms with Crippen LogP contribution in [-0.2, 0) is 10.0 Å². The molecule has 0 atom stereocenters. The normalized spacial score (nSPS) is 15.4. The van der Waals surface area contributed by atoms with Gasteiger partial charge in [-0.2, -0.15) is 0 Å². The number of aromatic nitrogens is 2. The number of nitrogens with zero attached hydrogens (tertiary/aromatic N) is 3. The van der Waals surface area contributed by atoms with Crippen LogP contribution in [0.15, 0.2) is 52.3 Å². The van der Waals surface area contributed by atoms with Crippen LogP contribution in [0.1, 0.15) is 28.2 Å². The minimum Gasteiger partial charge on any atom is -0.317 e. The number of carbonyl (C=O) groups is 1. The predicted octanol–water partition coefficient (Wildman–Crippen LogP) is 2.78. The summed E-state index contributed by atoms with van der Waals surface area (Å²) < 4.78 is 28.3. The number of pyridine rings is 1. The first-order chi connectivity index (χ1) is 13.6. The second kappa shape index (κ2) is 8.08. The molecule has 3 aromatic heterocycles. The Morgan fingerprint density at radius 1 is 1.14 bits per heavy atom. The number of piperidine rings is 1. The quantitative estimate of drug-likeness (QED) is 0.600. The molecule has 0 saturated carbocycles. The highest BCUT2D eigenvalue weighted by molar-refractivity contribution is 7.95. The Kier molecular flexibility index (Phi) is 5.54. The van der Waals surface area contributed by atoms with Crippen molar-refractivity contribution in [3.8, 4) is 0 Å². The molecule has 0 radical (unpaired) electrons. The number of hydrogen-bond acceptors (Lipinski definition) is 8. The molecule has 4 heterocycles. The summed E-state index contributed by atoms with van der Waals surface area (Å²) in [6.07, 6.45) is 4.37. The van der Waals surface area contributed by atoms with Gasteiger partial charge >= 0.3 is 0 Å². The molecule has 0 amide bonds. The maximum Gasteiger partial charge on any atom is 0.275 e. The third-order valence-electron chi connectivity index (χ3n) is 4.45. The van der Waals surface area contributed by atoms with Crippen molar-refractivity contribution in [1.29, 1.82) is 0 Å². The summed E-state index contributed by atoms with van der Waals surface area (Å²) in [5, 5.41) is 5.31. The van der Waals surface area contributed by atoms with Crippen molar-refractivity contribution in [2.24, 2.45) is 0 Å². The molecule has 0 bridgehead atoms.